The van der Waals surface area contributed by atoms with Crippen molar-refractivity contribution in [3.63, 3.8) is 0 Å². The molecule has 0 aliphatic heterocycles. The first kappa shape index (κ1) is 16.0. The van der Waals surface area contributed by atoms with Crippen LogP contribution >= 0.6 is 0 Å². The number of rotatable bonds is 3. The average molecular weight is 347 g/mol. The molecule has 3 aromatic carbocycles. The number of carboxylic acids is 1. The molecule has 0 unspecified atom stereocenters. The molecule has 1 N–H and O–H groups in total. The van der Waals surface area contributed by atoms with E-state index in [0.29, 0.717) is 27.4 Å². The Bertz CT molecular complexity index is 1170. The zero-order valence-electron chi connectivity index (χ0n) is 13.6. The van der Waals surface area contributed by atoms with Crippen molar-refractivity contribution in [2.45, 2.75) is 6.54 Å². The minimum atomic E-state index is -1.17. The number of aromatic carboxylic acids is 1. The van der Waals surface area contributed by atoms with Crippen molar-refractivity contribution < 1.29 is 14.3 Å². The number of nitrogens with zero attached hydrogens (tertiary/aromatic N) is 1. The van der Waals surface area contributed by atoms with Crippen molar-refractivity contribution in [1.29, 1.82) is 0 Å². The predicted octanol–water partition coefficient (Wildman–Crippen LogP) is 4.04. The van der Waals surface area contributed by atoms with Crippen LogP contribution in [0.3, 0.4) is 0 Å². The van der Waals surface area contributed by atoms with E-state index in [0.717, 1.165) is 6.07 Å². The van der Waals surface area contributed by atoms with Gasteiger partial charge < -0.3 is 9.67 Å². The number of aromatic nitrogens is 1. The second-order valence-electron chi connectivity index (χ2n) is 6.06. The fourth-order valence-corrected chi connectivity index (χ4v) is 3.23. The van der Waals surface area contributed by atoms with Gasteiger partial charge in [0.05, 0.1) is 23.1 Å². The van der Waals surface area contributed by atoms with Gasteiger partial charge in [0.1, 0.15) is 5.82 Å². The second kappa shape index (κ2) is 6.11. The summed E-state index contributed by atoms with van der Waals surface area (Å²) in [5.41, 5.74) is 1.61. The van der Waals surface area contributed by atoms with Gasteiger partial charge in [0.15, 0.2) is 5.43 Å². The highest BCUT2D eigenvalue weighted by atomic mass is 19.1. The molecule has 0 fully saturated rings. The van der Waals surface area contributed by atoms with Crippen molar-refractivity contribution in [3.05, 3.63) is 93.9 Å². The quantitative estimate of drug-likeness (QED) is 0.569. The van der Waals surface area contributed by atoms with Crippen molar-refractivity contribution in [3.8, 4) is 0 Å². The largest absolute Gasteiger partial charge is 0.478 e. The monoisotopic (exact) mass is 347 g/mol. The van der Waals surface area contributed by atoms with Crippen LogP contribution in [0.1, 0.15) is 15.9 Å². The minimum Gasteiger partial charge on any atom is -0.478 e. The SMILES string of the molecule is O=C(O)c1ccc(Cn2c3ccccc3c(=O)c3ccccc32)c(F)c1. The number of fused-ring (bicyclic) bond motifs is 2. The first-order chi connectivity index (χ1) is 12.6. The zero-order chi connectivity index (χ0) is 18.3. The van der Waals surface area contributed by atoms with Gasteiger partial charge in [-0.05, 0) is 36.4 Å². The van der Waals surface area contributed by atoms with Gasteiger partial charge in [0.2, 0.25) is 0 Å². The number of hydrogen-bond acceptors (Lipinski definition) is 2. The molecule has 1 heterocycles. The summed E-state index contributed by atoms with van der Waals surface area (Å²) in [6.07, 6.45) is 0. The topological polar surface area (TPSA) is 59.3 Å². The molecule has 0 spiro atoms. The fourth-order valence-electron chi connectivity index (χ4n) is 3.23. The Kier molecular flexibility index (Phi) is 3.77. The zero-order valence-corrected chi connectivity index (χ0v) is 13.6. The Hall–Kier alpha value is -3.47. The Morgan fingerprint density at radius 3 is 2.04 bits per heavy atom. The maximum absolute atomic E-state index is 14.4. The fraction of sp³-hybridized carbons (Fsp3) is 0.0476. The summed E-state index contributed by atoms with van der Waals surface area (Å²) >= 11 is 0. The van der Waals surface area contributed by atoms with E-state index in [4.69, 9.17) is 5.11 Å². The minimum absolute atomic E-state index is 0.0610. The van der Waals surface area contributed by atoms with Gasteiger partial charge in [-0.25, -0.2) is 9.18 Å². The van der Waals surface area contributed by atoms with Gasteiger partial charge in [0.25, 0.3) is 0 Å². The molecule has 0 radical (unpaired) electrons. The summed E-state index contributed by atoms with van der Waals surface area (Å²) in [5, 5.41) is 10.1. The number of halogens is 1. The van der Waals surface area contributed by atoms with Crippen molar-refractivity contribution in [2.75, 3.05) is 0 Å². The van der Waals surface area contributed by atoms with E-state index in [-0.39, 0.29) is 17.5 Å². The standard InChI is InChI=1S/C21H14FNO3/c22-17-11-13(21(25)26)9-10-14(17)12-23-18-7-3-1-5-15(18)20(24)16-6-2-4-8-19(16)23/h1-11H,12H2,(H,25,26). The van der Waals surface area contributed by atoms with Crippen LogP contribution in [-0.4, -0.2) is 15.6 Å². The summed E-state index contributed by atoms with van der Waals surface area (Å²) in [6.45, 7) is 0.188. The lowest BCUT2D eigenvalue weighted by Gasteiger charge is -2.16. The van der Waals surface area contributed by atoms with Crippen molar-refractivity contribution in [1.82, 2.24) is 4.57 Å². The van der Waals surface area contributed by atoms with Gasteiger partial charge in [-0.3, -0.25) is 4.79 Å². The molecule has 4 aromatic rings. The van der Waals surface area contributed by atoms with Crippen molar-refractivity contribution >= 4 is 27.8 Å². The van der Waals surface area contributed by atoms with Gasteiger partial charge in [0, 0.05) is 16.3 Å². The number of carbonyl (C=O) groups is 1. The highest BCUT2D eigenvalue weighted by molar-refractivity contribution is 5.93. The summed E-state index contributed by atoms with van der Waals surface area (Å²) in [4.78, 5) is 23.7. The molecule has 0 atom stereocenters. The van der Waals surface area contributed by atoms with Crippen LogP contribution in [0, 0.1) is 5.82 Å². The molecule has 128 valence electrons. The number of benzene rings is 3. The number of pyridine rings is 1. The molecule has 0 amide bonds. The van der Waals surface area contributed by atoms with E-state index in [1.807, 2.05) is 28.8 Å². The molecule has 4 rings (SSSR count). The first-order valence-corrected chi connectivity index (χ1v) is 8.08. The lowest BCUT2D eigenvalue weighted by molar-refractivity contribution is 0.0696. The molecule has 5 heteroatoms. The number of carboxylic acid groups (broad SMARTS) is 1. The first-order valence-electron chi connectivity index (χ1n) is 8.08. The third-order valence-electron chi connectivity index (χ3n) is 4.51. The van der Waals surface area contributed by atoms with Gasteiger partial charge in [-0.2, -0.15) is 0 Å². The molecule has 4 nitrogen and oxygen atoms in total. The van der Waals surface area contributed by atoms with Crippen LogP contribution in [0.25, 0.3) is 21.8 Å². The molecular formula is C21H14FNO3. The lowest BCUT2D eigenvalue weighted by atomic mass is 10.1. The van der Waals surface area contributed by atoms with Gasteiger partial charge in [-0.15, -0.1) is 0 Å². The third kappa shape index (κ3) is 2.54. The number of hydrogen-bond donors (Lipinski definition) is 1. The summed E-state index contributed by atoms with van der Waals surface area (Å²) in [7, 11) is 0. The Labute approximate surface area is 147 Å². The van der Waals surface area contributed by atoms with Crippen molar-refractivity contribution in [2.24, 2.45) is 0 Å². The molecule has 1 aromatic heterocycles. The smallest absolute Gasteiger partial charge is 0.335 e. The Morgan fingerprint density at radius 2 is 1.50 bits per heavy atom. The van der Waals surface area contributed by atoms with E-state index in [1.54, 1.807) is 24.3 Å². The summed E-state index contributed by atoms with van der Waals surface area (Å²) < 4.78 is 16.3. The maximum atomic E-state index is 14.4. The summed E-state index contributed by atoms with van der Waals surface area (Å²) in [6, 6.07) is 18.3. The van der Waals surface area contributed by atoms with Crippen LogP contribution < -0.4 is 5.43 Å². The van der Waals surface area contributed by atoms with Crippen LogP contribution in [0.4, 0.5) is 4.39 Å². The normalized spacial score (nSPS) is 11.1. The molecule has 0 saturated heterocycles. The second-order valence-corrected chi connectivity index (χ2v) is 6.06. The molecule has 0 bridgehead atoms. The van der Waals surface area contributed by atoms with E-state index in [9.17, 15) is 14.0 Å². The van der Waals surface area contributed by atoms with Crippen LogP contribution in [0.15, 0.2) is 71.5 Å². The van der Waals surface area contributed by atoms with Crippen LogP contribution in [0.2, 0.25) is 0 Å². The van der Waals surface area contributed by atoms with Crippen LogP contribution in [0.5, 0.6) is 0 Å². The summed E-state index contributed by atoms with van der Waals surface area (Å²) in [5.74, 6) is -1.76. The predicted molar refractivity (Wildman–Crippen MR) is 98.2 cm³/mol. The van der Waals surface area contributed by atoms with E-state index >= 15 is 0 Å². The number of para-hydroxylation sites is 2. The van der Waals surface area contributed by atoms with E-state index < -0.39 is 11.8 Å². The Balaban J connectivity index is 1.97. The highest BCUT2D eigenvalue weighted by Crippen LogP contribution is 2.22. The van der Waals surface area contributed by atoms with Gasteiger partial charge >= 0.3 is 5.97 Å². The maximum Gasteiger partial charge on any atom is 0.335 e. The lowest BCUT2D eigenvalue weighted by Crippen LogP contribution is -2.13. The third-order valence-corrected chi connectivity index (χ3v) is 4.51. The Morgan fingerprint density at radius 1 is 0.923 bits per heavy atom. The molecule has 26 heavy (non-hydrogen) atoms. The molecular weight excluding hydrogens is 333 g/mol. The van der Waals surface area contributed by atoms with Crippen LogP contribution in [-0.2, 0) is 6.54 Å². The van der Waals surface area contributed by atoms with E-state index in [2.05, 4.69) is 0 Å². The average Bonchev–Trinajstić information content (AvgIpc) is 2.66. The highest BCUT2D eigenvalue weighted by Gasteiger charge is 2.13. The van der Waals surface area contributed by atoms with E-state index in [1.165, 1.54) is 12.1 Å². The van der Waals surface area contributed by atoms with Gasteiger partial charge in [-0.1, -0.05) is 30.3 Å². The molecule has 0 aliphatic carbocycles. The molecule has 0 saturated carbocycles. The molecule has 0 aliphatic rings.